The second-order valence-corrected chi connectivity index (χ2v) is 8.06. The van der Waals surface area contributed by atoms with Crippen LogP contribution in [0.2, 0.25) is 0 Å². The van der Waals surface area contributed by atoms with Crippen LogP contribution in [0.4, 0.5) is 0 Å². The zero-order valence-electron chi connectivity index (χ0n) is 13.4. The van der Waals surface area contributed by atoms with E-state index in [0.717, 1.165) is 12.8 Å². The lowest BCUT2D eigenvalue weighted by atomic mass is 10.2. The van der Waals surface area contributed by atoms with Gasteiger partial charge in [0.15, 0.2) is 0 Å². The van der Waals surface area contributed by atoms with Gasteiger partial charge in [-0.25, -0.2) is 22.9 Å². The van der Waals surface area contributed by atoms with Gasteiger partial charge >= 0.3 is 5.97 Å². The Balaban J connectivity index is 1.64. The number of benzene rings is 1. The highest BCUT2D eigenvalue weighted by molar-refractivity contribution is 7.89. The van der Waals surface area contributed by atoms with Gasteiger partial charge in [-0.3, -0.25) is 0 Å². The first kappa shape index (κ1) is 18.0. The molecule has 0 bridgehead atoms. The maximum Gasteiger partial charge on any atom is 0.338 e. The molecule has 7 nitrogen and oxygen atoms in total. The van der Waals surface area contributed by atoms with Crippen molar-refractivity contribution in [1.82, 2.24) is 9.71 Å². The van der Waals surface area contributed by atoms with Crippen molar-refractivity contribution >= 4 is 27.3 Å². The smallest absolute Gasteiger partial charge is 0.338 e. The summed E-state index contributed by atoms with van der Waals surface area (Å²) in [7, 11) is -3.71. The van der Waals surface area contributed by atoms with Crippen LogP contribution in [0.15, 0.2) is 40.1 Å². The van der Waals surface area contributed by atoms with Crippen LogP contribution in [0.5, 0.6) is 0 Å². The monoisotopic (exact) mass is 382 g/mol. The molecule has 3 rings (SSSR count). The van der Waals surface area contributed by atoms with Gasteiger partial charge in [0, 0.05) is 18.5 Å². The predicted molar refractivity (Wildman–Crippen MR) is 91.8 cm³/mol. The Bertz CT molecular complexity index is 815. The average molecular weight is 382 g/mol. The van der Waals surface area contributed by atoms with E-state index in [2.05, 4.69) is 9.71 Å². The lowest BCUT2D eigenvalue weighted by molar-refractivity contribution is 0.0468. The largest absolute Gasteiger partial charge is 0.456 e. The fourth-order valence-corrected chi connectivity index (χ4v) is 4.07. The SMILES string of the molecule is O=C(OCc1cscn1)c1cccc(S(=O)(=O)NC[C@@H]2CCCO2)c1. The molecule has 0 saturated carbocycles. The second kappa shape index (κ2) is 8.05. The molecule has 9 heteroatoms. The van der Waals surface area contributed by atoms with E-state index in [1.165, 1.54) is 35.6 Å². The highest BCUT2D eigenvalue weighted by Crippen LogP contribution is 2.15. The van der Waals surface area contributed by atoms with Crippen molar-refractivity contribution in [2.75, 3.05) is 13.2 Å². The van der Waals surface area contributed by atoms with Crippen LogP contribution in [-0.4, -0.2) is 38.6 Å². The van der Waals surface area contributed by atoms with Gasteiger partial charge in [-0.15, -0.1) is 11.3 Å². The van der Waals surface area contributed by atoms with Crippen molar-refractivity contribution in [2.45, 2.75) is 30.4 Å². The fourth-order valence-electron chi connectivity index (χ4n) is 2.41. The molecular formula is C16H18N2O5S2. The summed E-state index contributed by atoms with van der Waals surface area (Å²) >= 11 is 1.41. The van der Waals surface area contributed by atoms with E-state index >= 15 is 0 Å². The molecule has 134 valence electrons. The first-order valence-electron chi connectivity index (χ1n) is 7.80. The van der Waals surface area contributed by atoms with Crippen LogP contribution in [-0.2, 0) is 26.1 Å². The van der Waals surface area contributed by atoms with E-state index in [4.69, 9.17) is 9.47 Å². The standard InChI is InChI=1S/C16H18N2O5S2/c19-16(23-9-13-10-24-11-17-13)12-3-1-5-15(7-12)25(20,21)18-8-14-4-2-6-22-14/h1,3,5,7,10-11,14,18H,2,4,6,8-9H2/t14-/m0/s1. The van der Waals surface area contributed by atoms with Crippen molar-refractivity contribution in [3.05, 3.63) is 46.4 Å². The molecule has 0 aliphatic carbocycles. The number of esters is 1. The molecule has 1 aromatic heterocycles. The topological polar surface area (TPSA) is 94.6 Å². The number of thiazole rings is 1. The number of sulfonamides is 1. The van der Waals surface area contributed by atoms with E-state index in [-0.39, 0.29) is 29.7 Å². The van der Waals surface area contributed by atoms with Crippen molar-refractivity contribution in [3.63, 3.8) is 0 Å². The summed E-state index contributed by atoms with van der Waals surface area (Å²) in [4.78, 5) is 16.2. The van der Waals surface area contributed by atoms with Crippen molar-refractivity contribution in [3.8, 4) is 0 Å². The molecule has 25 heavy (non-hydrogen) atoms. The zero-order chi connectivity index (χ0) is 17.7. The third kappa shape index (κ3) is 4.85. The lowest BCUT2D eigenvalue weighted by Crippen LogP contribution is -2.31. The molecular weight excluding hydrogens is 364 g/mol. The highest BCUT2D eigenvalue weighted by Gasteiger charge is 2.21. The molecule has 1 aromatic carbocycles. The van der Waals surface area contributed by atoms with E-state index in [9.17, 15) is 13.2 Å². The molecule has 0 unspecified atom stereocenters. The Labute approximate surface area is 150 Å². The van der Waals surface area contributed by atoms with Crippen LogP contribution < -0.4 is 4.72 Å². The van der Waals surface area contributed by atoms with Crippen LogP contribution in [0.25, 0.3) is 0 Å². The quantitative estimate of drug-likeness (QED) is 0.736. The van der Waals surface area contributed by atoms with Gasteiger partial charge in [0.1, 0.15) is 6.61 Å². The third-order valence-electron chi connectivity index (χ3n) is 3.74. The normalized spacial score (nSPS) is 17.5. The number of aromatic nitrogens is 1. The Kier molecular flexibility index (Phi) is 5.79. The Hall–Kier alpha value is -1.81. The van der Waals surface area contributed by atoms with Gasteiger partial charge in [0.05, 0.1) is 27.8 Å². The lowest BCUT2D eigenvalue weighted by Gasteiger charge is -2.12. The summed E-state index contributed by atoms with van der Waals surface area (Å²) in [5.41, 5.74) is 2.48. The number of carbonyl (C=O) groups is 1. The molecule has 1 aliphatic heterocycles. The number of hydrogen-bond donors (Lipinski definition) is 1. The summed E-state index contributed by atoms with van der Waals surface area (Å²) in [6.07, 6.45) is 1.68. The predicted octanol–water partition coefficient (Wildman–Crippen LogP) is 1.96. The Morgan fingerprint density at radius 2 is 2.32 bits per heavy atom. The molecule has 1 atom stereocenters. The minimum Gasteiger partial charge on any atom is -0.456 e. The fraction of sp³-hybridized carbons (Fsp3) is 0.375. The minimum atomic E-state index is -3.71. The van der Waals surface area contributed by atoms with Crippen molar-refractivity contribution in [1.29, 1.82) is 0 Å². The molecule has 2 heterocycles. The number of nitrogens with zero attached hydrogens (tertiary/aromatic N) is 1. The molecule has 1 N–H and O–H groups in total. The van der Waals surface area contributed by atoms with Crippen LogP contribution >= 0.6 is 11.3 Å². The molecule has 1 saturated heterocycles. The van der Waals surface area contributed by atoms with E-state index in [1.54, 1.807) is 10.9 Å². The van der Waals surface area contributed by atoms with Crippen molar-refractivity contribution < 1.29 is 22.7 Å². The molecule has 2 aromatic rings. The number of ether oxygens (including phenoxy) is 2. The number of nitrogens with one attached hydrogen (secondary N) is 1. The minimum absolute atomic E-state index is 0.0219. The Morgan fingerprint density at radius 3 is 3.04 bits per heavy atom. The van der Waals surface area contributed by atoms with Crippen LogP contribution in [0.3, 0.4) is 0 Å². The number of hydrogen-bond acceptors (Lipinski definition) is 7. The highest BCUT2D eigenvalue weighted by atomic mass is 32.2. The van der Waals surface area contributed by atoms with Gasteiger partial charge in [0.2, 0.25) is 10.0 Å². The summed E-state index contributed by atoms with van der Waals surface area (Å²) in [5.74, 6) is -0.593. The van der Waals surface area contributed by atoms with Gasteiger partial charge in [-0.05, 0) is 31.0 Å². The first-order chi connectivity index (χ1) is 12.0. The molecule has 1 fully saturated rings. The van der Waals surface area contributed by atoms with E-state index in [0.29, 0.717) is 12.3 Å². The van der Waals surface area contributed by atoms with Gasteiger partial charge in [0.25, 0.3) is 0 Å². The van der Waals surface area contributed by atoms with Gasteiger partial charge in [-0.2, -0.15) is 0 Å². The molecule has 1 aliphatic rings. The second-order valence-electron chi connectivity index (χ2n) is 5.57. The Morgan fingerprint density at radius 1 is 1.44 bits per heavy atom. The molecule has 0 amide bonds. The summed E-state index contributed by atoms with van der Waals surface area (Å²) < 4.78 is 37.8. The van der Waals surface area contributed by atoms with E-state index in [1.807, 2.05) is 0 Å². The first-order valence-corrected chi connectivity index (χ1v) is 10.2. The maximum atomic E-state index is 12.4. The van der Waals surface area contributed by atoms with Gasteiger partial charge in [-0.1, -0.05) is 6.07 Å². The number of rotatable bonds is 7. The maximum absolute atomic E-state index is 12.4. The summed E-state index contributed by atoms with van der Waals surface area (Å²) in [6.45, 7) is 0.935. The third-order valence-corrected chi connectivity index (χ3v) is 5.80. The van der Waals surface area contributed by atoms with Crippen LogP contribution in [0.1, 0.15) is 28.9 Å². The summed E-state index contributed by atoms with van der Waals surface area (Å²) in [6, 6.07) is 5.78. The van der Waals surface area contributed by atoms with Gasteiger partial charge < -0.3 is 9.47 Å². The van der Waals surface area contributed by atoms with E-state index < -0.39 is 16.0 Å². The number of carbonyl (C=O) groups excluding carboxylic acids is 1. The molecule has 0 spiro atoms. The summed E-state index contributed by atoms with van der Waals surface area (Å²) in [5, 5.41) is 1.78. The average Bonchev–Trinajstić information content (AvgIpc) is 3.31. The zero-order valence-corrected chi connectivity index (χ0v) is 15.0. The van der Waals surface area contributed by atoms with Crippen LogP contribution in [0, 0.1) is 0 Å². The molecule has 0 radical (unpaired) electrons. The van der Waals surface area contributed by atoms with Crippen molar-refractivity contribution in [2.24, 2.45) is 0 Å².